The van der Waals surface area contributed by atoms with Crippen molar-refractivity contribution < 1.29 is 18.7 Å². The summed E-state index contributed by atoms with van der Waals surface area (Å²) in [4.78, 5) is 16.7. The van der Waals surface area contributed by atoms with Gasteiger partial charge < -0.3 is 19.8 Å². The molecule has 1 atom stereocenters. The number of hydrogen-bond acceptors (Lipinski definition) is 4. The highest BCUT2D eigenvalue weighted by Crippen LogP contribution is 2.40. The van der Waals surface area contributed by atoms with E-state index in [9.17, 15) is 9.18 Å². The second kappa shape index (κ2) is 7.31. The van der Waals surface area contributed by atoms with Crippen LogP contribution in [0.3, 0.4) is 0 Å². The van der Waals surface area contributed by atoms with Gasteiger partial charge in [-0.15, -0.1) is 0 Å². The molecule has 2 aromatic carbocycles. The molecular formula is C23H24FN3O3. The van der Waals surface area contributed by atoms with Gasteiger partial charge in [-0.05, 0) is 61.4 Å². The highest BCUT2D eigenvalue weighted by molar-refractivity contribution is 5.87. The summed E-state index contributed by atoms with van der Waals surface area (Å²) in [5, 5.41) is 0. The Labute approximate surface area is 173 Å². The minimum atomic E-state index is -0.379. The fourth-order valence-electron chi connectivity index (χ4n) is 4.40. The molecule has 3 aromatic rings. The second-order valence-corrected chi connectivity index (χ2v) is 8.15. The van der Waals surface area contributed by atoms with Crippen molar-refractivity contribution in [3.63, 3.8) is 0 Å². The first-order valence-corrected chi connectivity index (χ1v) is 10.3. The molecule has 5 rings (SSSR count). The van der Waals surface area contributed by atoms with Gasteiger partial charge in [0.2, 0.25) is 5.91 Å². The smallest absolute Gasteiger partial charge is 0.221 e. The van der Waals surface area contributed by atoms with Crippen LogP contribution in [-0.2, 0) is 17.8 Å². The molecule has 0 unspecified atom stereocenters. The maximum atomic E-state index is 14.8. The summed E-state index contributed by atoms with van der Waals surface area (Å²) < 4.78 is 28.0. The van der Waals surface area contributed by atoms with E-state index in [0.29, 0.717) is 42.6 Å². The molecule has 156 valence electrons. The molecule has 1 amide bonds. The van der Waals surface area contributed by atoms with E-state index in [1.165, 1.54) is 13.2 Å². The van der Waals surface area contributed by atoms with Gasteiger partial charge in [-0.3, -0.25) is 4.79 Å². The van der Waals surface area contributed by atoms with E-state index in [1.54, 1.807) is 12.1 Å². The summed E-state index contributed by atoms with van der Waals surface area (Å²) in [6, 6.07) is 8.76. The Morgan fingerprint density at radius 1 is 1.37 bits per heavy atom. The molecule has 6 nitrogen and oxygen atoms in total. The average molecular weight is 409 g/mol. The lowest BCUT2D eigenvalue weighted by Crippen LogP contribution is -2.26. The van der Waals surface area contributed by atoms with Crippen LogP contribution >= 0.6 is 0 Å². The van der Waals surface area contributed by atoms with E-state index < -0.39 is 0 Å². The number of methoxy groups -OCH3 is 1. The van der Waals surface area contributed by atoms with Crippen molar-refractivity contribution in [2.75, 3.05) is 13.7 Å². The second-order valence-electron chi connectivity index (χ2n) is 8.15. The lowest BCUT2D eigenvalue weighted by atomic mass is 9.94. The Kier molecular flexibility index (Phi) is 4.60. The zero-order valence-corrected chi connectivity index (χ0v) is 16.9. The maximum absolute atomic E-state index is 14.8. The van der Waals surface area contributed by atoms with Crippen molar-refractivity contribution >= 4 is 16.9 Å². The number of halogens is 1. The van der Waals surface area contributed by atoms with Gasteiger partial charge in [0.05, 0.1) is 24.8 Å². The highest BCUT2D eigenvalue weighted by atomic mass is 19.1. The summed E-state index contributed by atoms with van der Waals surface area (Å²) in [6.07, 6.45) is 3.47. The fraction of sp³-hybridized carbons (Fsp3) is 0.391. The number of primary amides is 1. The third kappa shape index (κ3) is 3.28. The molecule has 1 aliphatic heterocycles. The lowest BCUT2D eigenvalue weighted by Gasteiger charge is -2.13. The molecule has 30 heavy (non-hydrogen) atoms. The summed E-state index contributed by atoms with van der Waals surface area (Å²) in [7, 11) is 1.51. The van der Waals surface area contributed by atoms with Crippen LogP contribution in [0, 0.1) is 17.7 Å². The minimum absolute atomic E-state index is 0.166. The van der Waals surface area contributed by atoms with E-state index in [0.717, 1.165) is 41.6 Å². The molecular weight excluding hydrogens is 385 g/mol. The van der Waals surface area contributed by atoms with Gasteiger partial charge in [0.1, 0.15) is 28.7 Å². The molecule has 2 aliphatic rings. The summed E-state index contributed by atoms with van der Waals surface area (Å²) >= 11 is 0. The first-order chi connectivity index (χ1) is 14.5. The van der Waals surface area contributed by atoms with E-state index in [4.69, 9.17) is 20.2 Å². The predicted octanol–water partition coefficient (Wildman–Crippen LogP) is 3.69. The summed E-state index contributed by atoms with van der Waals surface area (Å²) in [5.74, 6) is 1.34. The number of aryl methyl sites for hydroxylation is 1. The third-order valence-corrected chi connectivity index (χ3v) is 6.08. The quantitative estimate of drug-likeness (QED) is 0.673. The normalized spacial score (nSPS) is 16.7. The molecule has 1 aliphatic carbocycles. The molecule has 0 bridgehead atoms. The molecule has 0 spiro atoms. The van der Waals surface area contributed by atoms with Crippen molar-refractivity contribution in [2.24, 2.45) is 17.6 Å². The number of carbonyl (C=O) groups excluding carboxylic acids is 1. The third-order valence-electron chi connectivity index (χ3n) is 6.08. The number of rotatable bonds is 6. The van der Waals surface area contributed by atoms with Crippen molar-refractivity contribution in [3.8, 4) is 22.9 Å². The summed E-state index contributed by atoms with van der Waals surface area (Å²) in [6.45, 7) is 1.27. The predicted molar refractivity (Wildman–Crippen MR) is 111 cm³/mol. The zero-order chi connectivity index (χ0) is 20.8. The monoisotopic (exact) mass is 409 g/mol. The van der Waals surface area contributed by atoms with Gasteiger partial charge in [0.25, 0.3) is 0 Å². The number of hydrogen-bond donors (Lipinski definition) is 1. The van der Waals surface area contributed by atoms with Crippen molar-refractivity contribution in [2.45, 2.75) is 32.2 Å². The van der Waals surface area contributed by atoms with Gasteiger partial charge >= 0.3 is 0 Å². The Morgan fingerprint density at radius 2 is 2.20 bits per heavy atom. The molecule has 1 saturated carbocycles. The van der Waals surface area contributed by atoms with Crippen LogP contribution in [0.4, 0.5) is 4.39 Å². The van der Waals surface area contributed by atoms with Crippen molar-refractivity contribution in [3.05, 3.63) is 41.7 Å². The summed E-state index contributed by atoms with van der Waals surface area (Å²) in [5.41, 5.74) is 8.65. The Balaban J connectivity index is 1.62. The van der Waals surface area contributed by atoms with Gasteiger partial charge in [-0.1, -0.05) is 0 Å². The lowest BCUT2D eigenvalue weighted by molar-refractivity contribution is -0.122. The zero-order valence-electron chi connectivity index (χ0n) is 16.9. The topological polar surface area (TPSA) is 79.4 Å². The fourth-order valence-corrected chi connectivity index (χ4v) is 4.40. The number of nitrogens with two attached hydrogens (primary N) is 1. The Morgan fingerprint density at radius 3 is 2.90 bits per heavy atom. The number of nitrogens with zero attached hydrogens (tertiary/aromatic N) is 2. The van der Waals surface area contributed by atoms with E-state index in [2.05, 4.69) is 0 Å². The standard InChI is InChI=1S/C23H24FN3O3/c1-29-15-5-6-16(18(24)12-15)23-26-19-10-13(9-17(22(25)28)14-3-4-14)11-20-21(19)27(23)7-2-8-30-20/h5-6,10-12,14,17H,2-4,7-9H2,1H3,(H2,25,28)/t17-/m0/s1. The molecule has 2 N–H and O–H groups in total. The number of ether oxygens (including phenoxy) is 2. The molecule has 7 heteroatoms. The SMILES string of the molecule is COc1ccc(-c2nc3cc(C[C@H](C(N)=O)C4CC4)cc4c3n2CCCO4)c(F)c1. The van der Waals surface area contributed by atoms with Crippen LogP contribution < -0.4 is 15.2 Å². The minimum Gasteiger partial charge on any atom is -0.497 e. The molecule has 2 heterocycles. The number of aromatic nitrogens is 2. The Bertz CT molecular complexity index is 1140. The average Bonchev–Trinajstić information content (AvgIpc) is 3.52. The molecule has 1 fully saturated rings. The number of imidazole rings is 1. The van der Waals surface area contributed by atoms with E-state index >= 15 is 0 Å². The van der Waals surface area contributed by atoms with Gasteiger partial charge in [-0.25, -0.2) is 9.37 Å². The van der Waals surface area contributed by atoms with E-state index in [1.807, 2.05) is 16.7 Å². The Hall–Kier alpha value is -3.09. The van der Waals surface area contributed by atoms with Crippen LogP contribution in [0.5, 0.6) is 11.5 Å². The van der Waals surface area contributed by atoms with Gasteiger partial charge in [0.15, 0.2) is 0 Å². The van der Waals surface area contributed by atoms with Crippen LogP contribution in [-0.4, -0.2) is 29.2 Å². The maximum Gasteiger partial charge on any atom is 0.221 e. The van der Waals surface area contributed by atoms with Crippen molar-refractivity contribution in [1.82, 2.24) is 9.55 Å². The number of benzene rings is 2. The van der Waals surface area contributed by atoms with Gasteiger partial charge in [0, 0.05) is 18.5 Å². The number of carbonyl (C=O) groups is 1. The first-order valence-electron chi connectivity index (χ1n) is 10.3. The van der Waals surface area contributed by atoms with Crippen molar-refractivity contribution in [1.29, 1.82) is 0 Å². The van der Waals surface area contributed by atoms with Crippen LogP contribution in [0.1, 0.15) is 24.8 Å². The van der Waals surface area contributed by atoms with E-state index in [-0.39, 0.29) is 17.6 Å². The molecule has 1 aromatic heterocycles. The van der Waals surface area contributed by atoms with Crippen LogP contribution in [0.15, 0.2) is 30.3 Å². The largest absolute Gasteiger partial charge is 0.497 e. The van der Waals surface area contributed by atoms with Crippen LogP contribution in [0.25, 0.3) is 22.4 Å². The number of amides is 1. The molecule has 0 radical (unpaired) electrons. The van der Waals surface area contributed by atoms with Crippen LogP contribution in [0.2, 0.25) is 0 Å². The first kappa shape index (κ1) is 18.9. The molecule has 0 saturated heterocycles. The van der Waals surface area contributed by atoms with Gasteiger partial charge in [-0.2, -0.15) is 0 Å². The highest BCUT2D eigenvalue weighted by Gasteiger charge is 2.35.